The van der Waals surface area contributed by atoms with Crippen molar-refractivity contribution in [1.29, 1.82) is 0 Å². The minimum atomic E-state index is -0.289. The van der Waals surface area contributed by atoms with Crippen molar-refractivity contribution in [3.05, 3.63) is 62.3 Å². The van der Waals surface area contributed by atoms with Crippen LogP contribution in [0.3, 0.4) is 0 Å². The summed E-state index contributed by atoms with van der Waals surface area (Å²) in [7, 11) is 0. The highest BCUT2D eigenvalue weighted by atomic mass is 35.5. The van der Waals surface area contributed by atoms with Gasteiger partial charge in [-0.3, -0.25) is 9.36 Å². The predicted octanol–water partition coefficient (Wildman–Crippen LogP) is 4.03. The Bertz CT molecular complexity index is 883. The third-order valence-corrected chi connectivity index (χ3v) is 4.78. The molecule has 0 bridgehead atoms. The van der Waals surface area contributed by atoms with Gasteiger partial charge in [0.05, 0.1) is 12.8 Å². The van der Waals surface area contributed by atoms with Crippen molar-refractivity contribution in [3.63, 3.8) is 0 Å². The van der Waals surface area contributed by atoms with Gasteiger partial charge in [-0.2, -0.15) is 0 Å². The predicted molar refractivity (Wildman–Crippen MR) is 93.8 cm³/mol. The molecule has 0 aliphatic rings. The van der Waals surface area contributed by atoms with Crippen LogP contribution in [0.2, 0.25) is 5.02 Å². The summed E-state index contributed by atoms with van der Waals surface area (Å²) in [6.07, 6.45) is 1.55. The van der Waals surface area contributed by atoms with Gasteiger partial charge >= 0.3 is 0 Å². The maximum atomic E-state index is 12.3. The highest BCUT2D eigenvalue weighted by Gasteiger charge is 2.18. The van der Waals surface area contributed by atoms with Gasteiger partial charge in [-0.25, -0.2) is 0 Å². The number of thiazole rings is 1. The van der Waals surface area contributed by atoms with Gasteiger partial charge in [0.2, 0.25) is 0 Å². The number of nitrogens with two attached hydrogens (primary N) is 1. The molecule has 1 amide bonds. The summed E-state index contributed by atoms with van der Waals surface area (Å²) < 4.78 is 7.32. The van der Waals surface area contributed by atoms with Gasteiger partial charge in [-0.15, -0.1) is 0 Å². The normalized spacial score (nSPS) is 10.7. The van der Waals surface area contributed by atoms with E-state index in [4.69, 9.17) is 34.0 Å². The molecule has 0 saturated heterocycles. The Balaban J connectivity index is 1.86. The van der Waals surface area contributed by atoms with E-state index >= 15 is 0 Å². The number of carbonyl (C=O) groups is 1. The molecule has 5 nitrogen and oxygen atoms in total. The van der Waals surface area contributed by atoms with E-state index in [2.05, 4.69) is 5.32 Å². The summed E-state index contributed by atoms with van der Waals surface area (Å²) in [4.78, 5) is 12.7. The zero-order valence-electron chi connectivity index (χ0n) is 11.8. The van der Waals surface area contributed by atoms with Crippen LogP contribution in [0.1, 0.15) is 15.4 Å². The lowest BCUT2D eigenvalue weighted by Crippen LogP contribution is -2.22. The number of nitrogens with zero attached hydrogens (tertiary/aromatic N) is 1. The molecule has 2 aromatic heterocycles. The first-order chi connectivity index (χ1) is 11.1. The SMILES string of the molecule is Nc1c(C(=O)NCc2ccco2)sc(=S)n1-c1ccc(Cl)cc1. The van der Waals surface area contributed by atoms with Crippen LogP contribution in [0.5, 0.6) is 0 Å². The van der Waals surface area contributed by atoms with Crippen LogP contribution in [0.4, 0.5) is 5.82 Å². The van der Waals surface area contributed by atoms with E-state index in [1.165, 1.54) is 0 Å². The summed E-state index contributed by atoms with van der Waals surface area (Å²) in [6.45, 7) is 0.289. The van der Waals surface area contributed by atoms with Crippen molar-refractivity contribution in [2.24, 2.45) is 0 Å². The van der Waals surface area contributed by atoms with E-state index < -0.39 is 0 Å². The molecule has 0 spiro atoms. The number of amides is 1. The van der Waals surface area contributed by atoms with Gasteiger partial charge in [-0.1, -0.05) is 22.9 Å². The summed E-state index contributed by atoms with van der Waals surface area (Å²) >= 11 is 12.4. The lowest BCUT2D eigenvalue weighted by molar-refractivity contribution is 0.0952. The monoisotopic (exact) mass is 365 g/mol. The molecular formula is C15H12ClN3O2S2. The molecule has 0 saturated carbocycles. The van der Waals surface area contributed by atoms with E-state index in [0.29, 0.717) is 25.4 Å². The van der Waals surface area contributed by atoms with Crippen molar-refractivity contribution in [2.45, 2.75) is 6.54 Å². The van der Waals surface area contributed by atoms with Crippen LogP contribution in [0.15, 0.2) is 47.1 Å². The van der Waals surface area contributed by atoms with E-state index in [1.54, 1.807) is 47.2 Å². The molecule has 0 aliphatic heterocycles. The minimum absolute atomic E-state index is 0.289. The maximum absolute atomic E-state index is 12.3. The van der Waals surface area contributed by atoms with Crippen molar-refractivity contribution in [3.8, 4) is 5.69 Å². The summed E-state index contributed by atoms with van der Waals surface area (Å²) in [5.74, 6) is 0.680. The first-order valence-corrected chi connectivity index (χ1v) is 8.24. The number of halogens is 1. The van der Waals surface area contributed by atoms with Gasteiger partial charge in [0.1, 0.15) is 16.5 Å². The van der Waals surface area contributed by atoms with Gasteiger partial charge in [0, 0.05) is 10.7 Å². The number of nitrogen functional groups attached to an aromatic ring is 1. The summed E-state index contributed by atoms with van der Waals surface area (Å²) in [5, 5.41) is 3.38. The molecule has 3 N–H and O–H groups in total. The zero-order chi connectivity index (χ0) is 16.4. The average molecular weight is 366 g/mol. The van der Waals surface area contributed by atoms with Crippen LogP contribution in [0.25, 0.3) is 5.69 Å². The number of hydrogen-bond donors (Lipinski definition) is 2. The second-order valence-corrected chi connectivity index (χ2v) is 6.74. The number of anilines is 1. The minimum Gasteiger partial charge on any atom is -0.467 e. The van der Waals surface area contributed by atoms with Crippen LogP contribution in [-0.4, -0.2) is 10.5 Å². The topological polar surface area (TPSA) is 73.2 Å². The van der Waals surface area contributed by atoms with Gasteiger partial charge in [0.15, 0.2) is 3.95 Å². The molecule has 1 aromatic carbocycles. The highest BCUT2D eigenvalue weighted by molar-refractivity contribution is 7.73. The van der Waals surface area contributed by atoms with Crippen molar-refractivity contribution in [1.82, 2.24) is 9.88 Å². The molecule has 118 valence electrons. The first-order valence-electron chi connectivity index (χ1n) is 6.64. The molecule has 0 aliphatic carbocycles. The molecule has 0 atom stereocenters. The highest BCUT2D eigenvalue weighted by Crippen LogP contribution is 2.27. The molecule has 23 heavy (non-hydrogen) atoms. The number of aromatic nitrogens is 1. The number of rotatable bonds is 4. The Morgan fingerprint density at radius 3 is 2.74 bits per heavy atom. The third-order valence-electron chi connectivity index (χ3n) is 3.14. The number of carbonyl (C=O) groups excluding carboxylic acids is 1. The van der Waals surface area contributed by atoms with Gasteiger partial charge in [0.25, 0.3) is 5.91 Å². The quantitative estimate of drug-likeness (QED) is 0.685. The third kappa shape index (κ3) is 3.31. The van der Waals surface area contributed by atoms with Crippen LogP contribution < -0.4 is 11.1 Å². The van der Waals surface area contributed by atoms with E-state index in [9.17, 15) is 4.79 Å². The Morgan fingerprint density at radius 2 is 2.09 bits per heavy atom. The lowest BCUT2D eigenvalue weighted by atomic mass is 10.3. The van der Waals surface area contributed by atoms with Gasteiger partial charge in [-0.05, 0) is 48.6 Å². The smallest absolute Gasteiger partial charge is 0.265 e. The average Bonchev–Trinajstić information content (AvgIpc) is 3.14. The fourth-order valence-electron chi connectivity index (χ4n) is 2.04. The van der Waals surface area contributed by atoms with Crippen molar-refractivity contribution in [2.75, 3.05) is 5.73 Å². The molecule has 0 radical (unpaired) electrons. The Hall–Kier alpha value is -2.09. The Labute approximate surface area is 146 Å². The number of hydrogen-bond acceptors (Lipinski definition) is 5. The molecule has 3 rings (SSSR count). The Kier molecular flexibility index (Phi) is 4.51. The zero-order valence-corrected chi connectivity index (χ0v) is 14.2. The number of nitrogens with one attached hydrogen (secondary N) is 1. The van der Waals surface area contributed by atoms with E-state index in [1.807, 2.05) is 0 Å². The number of furan rings is 1. The Morgan fingerprint density at radius 1 is 1.35 bits per heavy atom. The summed E-state index contributed by atoms with van der Waals surface area (Å²) in [5.41, 5.74) is 6.88. The number of benzene rings is 1. The molecular weight excluding hydrogens is 354 g/mol. The van der Waals surface area contributed by atoms with Crippen molar-refractivity contribution < 1.29 is 9.21 Å². The van der Waals surface area contributed by atoms with E-state index in [0.717, 1.165) is 17.0 Å². The fourth-order valence-corrected chi connectivity index (χ4v) is 3.45. The molecule has 8 heteroatoms. The summed E-state index contributed by atoms with van der Waals surface area (Å²) in [6, 6.07) is 10.6. The second-order valence-electron chi connectivity index (χ2n) is 4.66. The maximum Gasteiger partial charge on any atom is 0.265 e. The molecule has 2 heterocycles. The second kappa shape index (κ2) is 6.57. The van der Waals surface area contributed by atoms with Crippen molar-refractivity contribution >= 4 is 46.9 Å². The molecule has 0 fully saturated rings. The first kappa shape index (κ1) is 15.8. The molecule has 3 aromatic rings. The van der Waals surface area contributed by atoms with Crippen LogP contribution >= 0.6 is 35.2 Å². The van der Waals surface area contributed by atoms with Gasteiger partial charge < -0.3 is 15.5 Å². The largest absolute Gasteiger partial charge is 0.467 e. The van der Waals surface area contributed by atoms with Crippen LogP contribution in [0, 0.1) is 3.95 Å². The molecule has 0 unspecified atom stereocenters. The fraction of sp³-hybridized carbons (Fsp3) is 0.0667. The lowest BCUT2D eigenvalue weighted by Gasteiger charge is -2.07. The standard InChI is InChI=1S/C15H12ClN3O2S2/c16-9-3-5-10(6-4-9)19-13(17)12(23-15(19)22)14(20)18-8-11-2-1-7-21-11/h1-7H,8,17H2,(H,18,20). The van der Waals surface area contributed by atoms with E-state index in [-0.39, 0.29) is 12.5 Å². The van der Waals surface area contributed by atoms with Crippen LogP contribution in [-0.2, 0) is 6.54 Å².